The summed E-state index contributed by atoms with van der Waals surface area (Å²) < 4.78 is 0. The molecule has 1 aromatic rings. The maximum atomic E-state index is 10.9. The highest BCUT2D eigenvalue weighted by molar-refractivity contribution is 5.58. The second-order valence-corrected chi connectivity index (χ2v) is 4.50. The lowest BCUT2D eigenvalue weighted by Gasteiger charge is -2.36. The van der Waals surface area contributed by atoms with Crippen LogP contribution in [0.4, 0.5) is 5.69 Å². The van der Waals surface area contributed by atoms with Gasteiger partial charge in [-0.15, -0.1) is 0 Å². The van der Waals surface area contributed by atoms with Crippen molar-refractivity contribution in [2.45, 2.75) is 12.6 Å². The molecule has 1 atom stereocenters. The number of aldehydes is 1. The molecule has 0 bridgehead atoms. The van der Waals surface area contributed by atoms with Gasteiger partial charge in [-0.1, -0.05) is 0 Å². The third-order valence-electron chi connectivity index (χ3n) is 3.16. The summed E-state index contributed by atoms with van der Waals surface area (Å²) in [5.74, 6) is 0. The minimum Gasteiger partial charge on any atom is -0.399 e. The van der Waals surface area contributed by atoms with Crippen LogP contribution < -0.4 is 5.73 Å². The van der Waals surface area contributed by atoms with Gasteiger partial charge in [0, 0.05) is 38.1 Å². The summed E-state index contributed by atoms with van der Waals surface area (Å²) in [7, 11) is 1.98. The van der Waals surface area contributed by atoms with Crippen molar-refractivity contribution in [3.63, 3.8) is 0 Å². The van der Waals surface area contributed by atoms with Crippen LogP contribution in [-0.2, 0) is 11.3 Å². The molecule has 2 N–H and O–H groups in total. The average molecular weight is 234 g/mol. The van der Waals surface area contributed by atoms with E-state index in [1.54, 1.807) is 12.3 Å². The van der Waals surface area contributed by atoms with Gasteiger partial charge in [0.1, 0.15) is 6.29 Å². The van der Waals surface area contributed by atoms with E-state index in [1.165, 1.54) is 0 Å². The van der Waals surface area contributed by atoms with Gasteiger partial charge in [0.05, 0.1) is 11.7 Å². The fourth-order valence-electron chi connectivity index (χ4n) is 2.06. The van der Waals surface area contributed by atoms with Gasteiger partial charge in [-0.3, -0.25) is 14.8 Å². The third-order valence-corrected chi connectivity index (χ3v) is 3.16. The van der Waals surface area contributed by atoms with Crippen molar-refractivity contribution in [2.75, 3.05) is 32.4 Å². The average Bonchev–Trinajstić information content (AvgIpc) is 2.32. The number of rotatable bonds is 3. The molecule has 2 rings (SSSR count). The summed E-state index contributed by atoms with van der Waals surface area (Å²) in [6, 6.07) is 3.65. The van der Waals surface area contributed by atoms with Crippen LogP contribution in [0.2, 0.25) is 0 Å². The Morgan fingerprint density at radius 3 is 3.12 bits per heavy atom. The zero-order chi connectivity index (χ0) is 12.3. The molecular formula is C12H18N4O. The van der Waals surface area contributed by atoms with Gasteiger partial charge in [0.2, 0.25) is 0 Å². The molecule has 1 aliphatic heterocycles. The number of aromatic nitrogens is 1. The number of nitrogens with zero attached hydrogens (tertiary/aromatic N) is 3. The van der Waals surface area contributed by atoms with Gasteiger partial charge in [-0.25, -0.2) is 0 Å². The maximum absolute atomic E-state index is 10.9. The van der Waals surface area contributed by atoms with Gasteiger partial charge >= 0.3 is 0 Å². The number of hydrogen-bond acceptors (Lipinski definition) is 5. The van der Waals surface area contributed by atoms with Crippen molar-refractivity contribution in [1.82, 2.24) is 14.8 Å². The third kappa shape index (κ3) is 3.01. The molecule has 0 radical (unpaired) electrons. The number of piperazine rings is 1. The molecule has 5 nitrogen and oxygen atoms in total. The minimum absolute atomic E-state index is 0.00944. The van der Waals surface area contributed by atoms with E-state index in [0.717, 1.165) is 43.8 Å². The van der Waals surface area contributed by atoms with Crippen LogP contribution in [0.25, 0.3) is 0 Å². The number of pyridine rings is 1. The summed E-state index contributed by atoms with van der Waals surface area (Å²) in [5.41, 5.74) is 7.41. The van der Waals surface area contributed by atoms with Crippen LogP contribution in [0.5, 0.6) is 0 Å². The first-order valence-corrected chi connectivity index (χ1v) is 5.77. The normalized spacial score (nSPS) is 22.5. The molecule has 17 heavy (non-hydrogen) atoms. The maximum Gasteiger partial charge on any atom is 0.138 e. The lowest BCUT2D eigenvalue weighted by Crippen LogP contribution is -2.51. The van der Waals surface area contributed by atoms with Gasteiger partial charge < -0.3 is 10.5 Å². The molecule has 0 aromatic carbocycles. The van der Waals surface area contributed by atoms with E-state index in [1.807, 2.05) is 13.1 Å². The van der Waals surface area contributed by atoms with Crippen molar-refractivity contribution >= 4 is 12.0 Å². The molecule has 92 valence electrons. The molecule has 0 saturated carbocycles. The SMILES string of the molecule is CN1CCN(Cc2cc(N)ccn2)CC1C=O. The number of nitrogens with two attached hydrogens (primary N) is 1. The van der Waals surface area contributed by atoms with E-state index < -0.39 is 0 Å². The highest BCUT2D eigenvalue weighted by atomic mass is 16.1. The number of hydrogen-bond donors (Lipinski definition) is 1. The van der Waals surface area contributed by atoms with E-state index in [-0.39, 0.29) is 6.04 Å². The predicted octanol–water partition coefficient (Wildman–Crippen LogP) is -0.0213. The van der Waals surface area contributed by atoms with Gasteiger partial charge in [-0.2, -0.15) is 0 Å². The first-order valence-electron chi connectivity index (χ1n) is 5.77. The summed E-state index contributed by atoms with van der Waals surface area (Å²) >= 11 is 0. The standard InChI is InChI=1S/C12H18N4O/c1-15-4-5-16(8-12(15)9-17)7-11-6-10(13)2-3-14-11/h2-3,6,9,12H,4-5,7-8H2,1H3,(H2,13,14). The van der Waals surface area contributed by atoms with E-state index in [4.69, 9.17) is 5.73 Å². The number of nitrogen functional groups attached to an aromatic ring is 1. The topological polar surface area (TPSA) is 62.5 Å². The van der Waals surface area contributed by atoms with Crippen molar-refractivity contribution < 1.29 is 4.79 Å². The number of carbonyl (C=O) groups is 1. The summed E-state index contributed by atoms with van der Waals surface area (Å²) in [6.45, 7) is 3.38. The lowest BCUT2D eigenvalue weighted by molar-refractivity contribution is -0.114. The highest BCUT2D eigenvalue weighted by Gasteiger charge is 2.23. The Kier molecular flexibility index (Phi) is 3.71. The lowest BCUT2D eigenvalue weighted by atomic mass is 10.2. The Balaban J connectivity index is 1.98. The summed E-state index contributed by atoms with van der Waals surface area (Å²) in [4.78, 5) is 19.5. The molecular weight excluding hydrogens is 216 g/mol. The van der Waals surface area contributed by atoms with Gasteiger partial charge in [-0.05, 0) is 19.2 Å². The molecule has 1 saturated heterocycles. The van der Waals surface area contributed by atoms with Gasteiger partial charge in [0.15, 0.2) is 0 Å². The monoisotopic (exact) mass is 234 g/mol. The van der Waals surface area contributed by atoms with Crippen molar-refractivity contribution in [2.24, 2.45) is 0 Å². The van der Waals surface area contributed by atoms with Gasteiger partial charge in [0.25, 0.3) is 0 Å². The van der Waals surface area contributed by atoms with Crippen LogP contribution in [0.3, 0.4) is 0 Å². The summed E-state index contributed by atoms with van der Waals surface area (Å²) in [5, 5.41) is 0. The molecule has 1 aromatic heterocycles. The Labute approximate surface area is 101 Å². The molecule has 1 fully saturated rings. The van der Waals surface area contributed by atoms with Crippen LogP contribution in [0, 0.1) is 0 Å². The van der Waals surface area contributed by atoms with Crippen LogP contribution in [0.15, 0.2) is 18.3 Å². The van der Waals surface area contributed by atoms with Crippen molar-refractivity contribution in [3.8, 4) is 0 Å². The Bertz CT molecular complexity index is 396. The second kappa shape index (κ2) is 5.25. The molecule has 0 spiro atoms. The molecule has 0 aliphatic carbocycles. The van der Waals surface area contributed by atoms with E-state index in [0.29, 0.717) is 0 Å². The van der Waals surface area contributed by atoms with Crippen molar-refractivity contribution in [1.29, 1.82) is 0 Å². The van der Waals surface area contributed by atoms with Crippen LogP contribution in [0.1, 0.15) is 5.69 Å². The molecule has 1 unspecified atom stereocenters. The van der Waals surface area contributed by atoms with Crippen LogP contribution in [-0.4, -0.2) is 53.8 Å². The number of anilines is 1. The molecule has 1 aliphatic rings. The molecule has 0 amide bonds. The first-order chi connectivity index (χ1) is 8.19. The fraction of sp³-hybridized carbons (Fsp3) is 0.500. The van der Waals surface area contributed by atoms with E-state index >= 15 is 0 Å². The zero-order valence-corrected chi connectivity index (χ0v) is 10.0. The fourth-order valence-corrected chi connectivity index (χ4v) is 2.06. The second-order valence-electron chi connectivity index (χ2n) is 4.50. The summed E-state index contributed by atoms with van der Waals surface area (Å²) in [6.07, 6.45) is 2.73. The van der Waals surface area contributed by atoms with E-state index in [9.17, 15) is 4.79 Å². The Hall–Kier alpha value is -1.46. The largest absolute Gasteiger partial charge is 0.399 e. The highest BCUT2D eigenvalue weighted by Crippen LogP contribution is 2.11. The Morgan fingerprint density at radius 1 is 1.59 bits per heavy atom. The predicted molar refractivity (Wildman–Crippen MR) is 66.4 cm³/mol. The molecule has 2 heterocycles. The minimum atomic E-state index is -0.00944. The first kappa shape index (κ1) is 12.0. The molecule has 5 heteroatoms. The Morgan fingerprint density at radius 2 is 2.41 bits per heavy atom. The van der Waals surface area contributed by atoms with Crippen LogP contribution >= 0.6 is 0 Å². The quantitative estimate of drug-likeness (QED) is 0.745. The van der Waals surface area contributed by atoms with Crippen molar-refractivity contribution in [3.05, 3.63) is 24.0 Å². The number of carbonyl (C=O) groups excluding carboxylic acids is 1. The van der Waals surface area contributed by atoms with E-state index in [2.05, 4.69) is 14.8 Å². The zero-order valence-electron chi connectivity index (χ0n) is 10.0. The number of likely N-dealkylation sites (N-methyl/N-ethyl adjacent to an activating group) is 1. The smallest absolute Gasteiger partial charge is 0.138 e.